The Morgan fingerprint density at radius 2 is 1.62 bits per heavy atom. The van der Waals surface area contributed by atoms with E-state index in [1.807, 2.05) is 0 Å². The van der Waals surface area contributed by atoms with E-state index in [2.05, 4.69) is 5.92 Å². The van der Waals surface area contributed by atoms with Crippen LogP contribution in [0.2, 0.25) is 0 Å². The summed E-state index contributed by atoms with van der Waals surface area (Å²) >= 11 is 0. The molecule has 1 aliphatic carbocycles. The van der Waals surface area contributed by atoms with E-state index in [-0.39, 0.29) is 6.29 Å². The van der Waals surface area contributed by atoms with E-state index in [1.54, 1.807) is 0 Å². The minimum Gasteiger partial charge on any atom is -0.350 e. The largest absolute Gasteiger partial charge is 0.350 e. The van der Waals surface area contributed by atoms with E-state index in [0.29, 0.717) is 11.8 Å². The molecule has 2 rings (SSSR count). The summed E-state index contributed by atoms with van der Waals surface area (Å²) in [5.41, 5.74) is 0. The highest BCUT2D eigenvalue weighted by molar-refractivity contribution is 4.95. The topological polar surface area (TPSA) is 18.5 Å². The monoisotopic (exact) mass is 180 g/mol. The van der Waals surface area contributed by atoms with Crippen molar-refractivity contribution in [3.8, 4) is 12.3 Å². The fraction of sp³-hybridized carbons (Fsp3) is 0.818. The maximum atomic E-state index is 5.49. The molecule has 1 saturated heterocycles. The lowest BCUT2D eigenvalue weighted by Gasteiger charge is -2.28. The van der Waals surface area contributed by atoms with Gasteiger partial charge in [0.1, 0.15) is 0 Å². The Morgan fingerprint density at radius 3 is 2.15 bits per heavy atom. The number of ether oxygens (including phenoxy) is 2. The van der Waals surface area contributed by atoms with Crippen molar-refractivity contribution in [2.24, 2.45) is 11.8 Å². The lowest BCUT2D eigenvalue weighted by atomic mass is 9.82. The summed E-state index contributed by atoms with van der Waals surface area (Å²) in [6.07, 6.45) is 10.1. The molecule has 0 aromatic heterocycles. The zero-order valence-electron chi connectivity index (χ0n) is 7.87. The average Bonchev–Trinajstić information content (AvgIpc) is 2.71. The van der Waals surface area contributed by atoms with Crippen molar-refractivity contribution in [2.75, 3.05) is 13.2 Å². The molecule has 1 saturated carbocycles. The third-order valence-electron chi connectivity index (χ3n) is 3.04. The molecule has 2 fully saturated rings. The zero-order chi connectivity index (χ0) is 9.10. The molecular weight excluding hydrogens is 164 g/mol. The number of terminal acetylenes is 1. The van der Waals surface area contributed by atoms with E-state index in [9.17, 15) is 0 Å². The Balaban J connectivity index is 1.81. The molecule has 0 atom stereocenters. The molecule has 2 aliphatic rings. The second-order valence-electron chi connectivity index (χ2n) is 3.89. The van der Waals surface area contributed by atoms with Gasteiger partial charge in [0.25, 0.3) is 0 Å². The molecule has 1 aliphatic heterocycles. The van der Waals surface area contributed by atoms with Crippen LogP contribution in [0, 0.1) is 24.2 Å². The van der Waals surface area contributed by atoms with Gasteiger partial charge in [0.2, 0.25) is 0 Å². The molecule has 0 unspecified atom stereocenters. The Morgan fingerprint density at radius 1 is 1.00 bits per heavy atom. The van der Waals surface area contributed by atoms with E-state index >= 15 is 0 Å². The van der Waals surface area contributed by atoms with Gasteiger partial charge < -0.3 is 9.47 Å². The van der Waals surface area contributed by atoms with Crippen molar-refractivity contribution >= 4 is 0 Å². The first kappa shape index (κ1) is 9.05. The highest BCUT2D eigenvalue weighted by Crippen LogP contribution is 2.33. The molecule has 0 spiro atoms. The molecule has 0 bridgehead atoms. The highest BCUT2D eigenvalue weighted by atomic mass is 16.7. The first-order valence-corrected chi connectivity index (χ1v) is 5.09. The molecule has 0 N–H and O–H groups in total. The van der Waals surface area contributed by atoms with Crippen LogP contribution < -0.4 is 0 Å². The van der Waals surface area contributed by atoms with Crippen LogP contribution in [-0.2, 0) is 9.47 Å². The van der Waals surface area contributed by atoms with Crippen LogP contribution in [0.5, 0.6) is 0 Å². The van der Waals surface area contributed by atoms with E-state index < -0.39 is 0 Å². The van der Waals surface area contributed by atoms with Crippen molar-refractivity contribution in [3.63, 3.8) is 0 Å². The maximum absolute atomic E-state index is 5.49. The molecule has 1 heterocycles. The standard InChI is InChI=1S/C11H16O2/c1-2-9-3-5-10(6-4-9)11-12-7-8-13-11/h1,9-11H,3-8H2. The third-order valence-corrected chi connectivity index (χ3v) is 3.04. The molecular formula is C11H16O2. The van der Waals surface area contributed by atoms with Crippen LogP contribution in [0.15, 0.2) is 0 Å². The smallest absolute Gasteiger partial charge is 0.160 e. The first-order chi connectivity index (χ1) is 6.40. The fourth-order valence-corrected chi connectivity index (χ4v) is 2.21. The molecule has 2 heteroatoms. The van der Waals surface area contributed by atoms with Gasteiger partial charge in [0.15, 0.2) is 6.29 Å². The third kappa shape index (κ3) is 2.04. The first-order valence-electron chi connectivity index (χ1n) is 5.09. The number of hydrogen-bond donors (Lipinski definition) is 0. The van der Waals surface area contributed by atoms with Crippen LogP contribution in [0.3, 0.4) is 0 Å². The second-order valence-corrected chi connectivity index (χ2v) is 3.89. The van der Waals surface area contributed by atoms with E-state index in [0.717, 1.165) is 26.1 Å². The molecule has 72 valence electrons. The number of hydrogen-bond acceptors (Lipinski definition) is 2. The average molecular weight is 180 g/mol. The normalized spacial score (nSPS) is 35.9. The quantitative estimate of drug-likeness (QED) is 0.573. The predicted molar refractivity (Wildman–Crippen MR) is 50.0 cm³/mol. The van der Waals surface area contributed by atoms with Gasteiger partial charge in [0.05, 0.1) is 13.2 Å². The highest BCUT2D eigenvalue weighted by Gasteiger charge is 2.30. The van der Waals surface area contributed by atoms with Gasteiger partial charge in [0, 0.05) is 11.8 Å². The van der Waals surface area contributed by atoms with Gasteiger partial charge in [-0.05, 0) is 25.7 Å². The Bertz CT molecular complexity index is 193. The molecule has 13 heavy (non-hydrogen) atoms. The van der Waals surface area contributed by atoms with Crippen molar-refractivity contribution in [2.45, 2.75) is 32.0 Å². The van der Waals surface area contributed by atoms with Gasteiger partial charge in [-0.15, -0.1) is 12.3 Å². The fourth-order valence-electron chi connectivity index (χ4n) is 2.21. The van der Waals surface area contributed by atoms with Gasteiger partial charge in [-0.3, -0.25) is 0 Å². The van der Waals surface area contributed by atoms with Crippen molar-refractivity contribution < 1.29 is 9.47 Å². The molecule has 0 radical (unpaired) electrons. The van der Waals surface area contributed by atoms with Gasteiger partial charge in [-0.2, -0.15) is 0 Å². The maximum Gasteiger partial charge on any atom is 0.160 e. The predicted octanol–water partition coefficient (Wildman–Crippen LogP) is 1.80. The lowest BCUT2D eigenvalue weighted by Crippen LogP contribution is -2.26. The van der Waals surface area contributed by atoms with Gasteiger partial charge in [-0.1, -0.05) is 0 Å². The van der Waals surface area contributed by atoms with Crippen molar-refractivity contribution in [3.05, 3.63) is 0 Å². The van der Waals surface area contributed by atoms with E-state index in [4.69, 9.17) is 15.9 Å². The number of rotatable bonds is 1. The lowest BCUT2D eigenvalue weighted by molar-refractivity contribution is -0.0937. The van der Waals surface area contributed by atoms with Crippen molar-refractivity contribution in [1.82, 2.24) is 0 Å². The summed E-state index contributed by atoms with van der Waals surface area (Å²) in [6, 6.07) is 0. The van der Waals surface area contributed by atoms with Gasteiger partial charge >= 0.3 is 0 Å². The van der Waals surface area contributed by atoms with Crippen LogP contribution in [-0.4, -0.2) is 19.5 Å². The zero-order valence-corrected chi connectivity index (χ0v) is 7.87. The summed E-state index contributed by atoms with van der Waals surface area (Å²) in [6.45, 7) is 1.53. The SMILES string of the molecule is C#CC1CCC(C2OCCO2)CC1. The minimum atomic E-state index is 0.0683. The van der Waals surface area contributed by atoms with Crippen LogP contribution in [0.4, 0.5) is 0 Å². The molecule has 0 aromatic carbocycles. The van der Waals surface area contributed by atoms with Crippen LogP contribution in [0.25, 0.3) is 0 Å². The molecule has 0 aromatic rings. The summed E-state index contributed by atoms with van der Waals surface area (Å²) in [7, 11) is 0. The van der Waals surface area contributed by atoms with E-state index in [1.165, 1.54) is 12.8 Å². The summed E-state index contributed by atoms with van der Waals surface area (Å²) in [5.74, 6) is 3.92. The Kier molecular flexibility index (Phi) is 2.87. The minimum absolute atomic E-state index is 0.0683. The molecule has 0 amide bonds. The summed E-state index contributed by atoms with van der Waals surface area (Å²) < 4.78 is 11.0. The summed E-state index contributed by atoms with van der Waals surface area (Å²) in [4.78, 5) is 0. The Labute approximate surface area is 79.6 Å². The van der Waals surface area contributed by atoms with Crippen molar-refractivity contribution in [1.29, 1.82) is 0 Å². The Hall–Kier alpha value is -0.520. The van der Waals surface area contributed by atoms with Crippen LogP contribution >= 0.6 is 0 Å². The van der Waals surface area contributed by atoms with Gasteiger partial charge in [-0.25, -0.2) is 0 Å². The second kappa shape index (κ2) is 4.13. The van der Waals surface area contributed by atoms with Crippen LogP contribution in [0.1, 0.15) is 25.7 Å². The summed E-state index contributed by atoms with van der Waals surface area (Å²) in [5, 5.41) is 0. The molecule has 2 nitrogen and oxygen atoms in total.